The second kappa shape index (κ2) is 1.95. The fraction of sp³-hybridized carbons (Fsp3) is 0. The summed E-state index contributed by atoms with van der Waals surface area (Å²) >= 11 is 0. The minimum atomic E-state index is -0.470. The van der Waals surface area contributed by atoms with Crippen LogP contribution in [0.15, 0.2) is 24.5 Å². The van der Waals surface area contributed by atoms with Crippen LogP contribution in [0.2, 0.25) is 0 Å². The standard InChI is InChI=1S/C7H5FN2O/c8-5-2-1-3-6-7(5)10(11)4-9-6/h1-4,11H. The summed E-state index contributed by atoms with van der Waals surface area (Å²) in [6.45, 7) is 0. The quantitative estimate of drug-likeness (QED) is 0.579. The van der Waals surface area contributed by atoms with Crippen LogP contribution in [0.1, 0.15) is 0 Å². The van der Waals surface area contributed by atoms with Crippen molar-refractivity contribution in [2.75, 3.05) is 0 Å². The maximum Gasteiger partial charge on any atom is 0.152 e. The highest BCUT2D eigenvalue weighted by Crippen LogP contribution is 2.14. The van der Waals surface area contributed by atoms with Crippen molar-refractivity contribution in [3.8, 4) is 0 Å². The van der Waals surface area contributed by atoms with Gasteiger partial charge < -0.3 is 5.21 Å². The van der Waals surface area contributed by atoms with Gasteiger partial charge in [-0.05, 0) is 12.1 Å². The maximum atomic E-state index is 12.9. The van der Waals surface area contributed by atoms with Gasteiger partial charge in [0.1, 0.15) is 11.8 Å². The van der Waals surface area contributed by atoms with Crippen molar-refractivity contribution in [2.24, 2.45) is 0 Å². The number of imidazole rings is 1. The van der Waals surface area contributed by atoms with E-state index >= 15 is 0 Å². The second-order valence-electron chi connectivity index (χ2n) is 2.20. The zero-order valence-corrected chi connectivity index (χ0v) is 5.53. The molecule has 0 spiro atoms. The molecule has 2 rings (SSSR count). The van der Waals surface area contributed by atoms with E-state index in [9.17, 15) is 4.39 Å². The average molecular weight is 152 g/mol. The third-order valence-corrected chi connectivity index (χ3v) is 1.50. The van der Waals surface area contributed by atoms with Crippen LogP contribution in [0.4, 0.5) is 4.39 Å². The van der Waals surface area contributed by atoms with E-state index in [0.29, 0.717) is 10.2 Å². The zero-order valence-electron chi connectivity index (χ0n) is 5.53. The van der Waals surface area contributed by atoms with E-state index in [1.54, 1.807) is 12.1 Å². The minimum absolute atomic E-state index is 0.118. The first-order valence-corrected chi connectivity index (χ1v) is 3.10. The Morgan fingerprint density at radius 1 is 1.45 bits per heavy atom. The van der Waals surface area contributed by atoms with Crippen LogP contribution in [0.3, 0.4) is 0 Å². The van der Waals surface area contributed by atoms with Crippen LogP contribution in [0, 0.1) is 5.82 Å². The highest BCUT2D eigenvalue weighted by atomic mass is 19.1. The largest absolute Gasteiger partial charge is 0.427 e. The Balaban J connectivity index is 2.96. The van der Waals surface area contributed by atoms with Crippen molar-refractivity contribution < 1.29 is 9.60 Å². The summed E-state index contributed by atoms with van der Waals surface area (Å²) in [6.07, 6.45) is 1.16. The number of hydrogen-bond acceptors (Lipinski definition) is 2. The normalized spacial score (nSPS) is 10.6. The van der Waals surface area contributed by atoms with Crippen LogP contribution in [0.5, 0.6) is 0 Å². The zero-order chi connectivity index (χ0) is 7.84. The number of rotatable bonds is 0. The molecule has 4 heteroatoms. The van der Waals surface area contributed by atoms with Crippen molar-refractivity contribution in [3.63, 3.8) is 0 Å². The summed E-state index contributed by atoms with van der Waals surface area (Å²) in [5, 5.41) is 9.01. The molecule has 0 atom stereocenters. The van der Waals surface area contributed by atoms with Gasteiger partial charge in [-0.25, -0.2) is 9.37 Å². The van der Waals surface area contributed by atoms with Gasteiger partial charge in [0.25, 0.3) is 0 Å². The Bertz CT molecular complexity index is 396. The molecule has 0 aliphatic heterocycles. The molecule has 1 aromatic heterocycles. The van der Waals surface area contributed by atoms with Crippen LogP contribution < -0.4 is 0 Å². The monoisotopic (exact) mass is 152 g/mol. The number of fused-ring (bicyclic) bond motifs is 1. The van der Waals surface area contributed by atoms with E-state index in [1.165, 1.54) is 6.07 Å². The Kier molecular flexibility index (Phi) is 1.09. The van der Waals surface area contributed by atoms with Gasteiger partial charge in [0.15, 0.2) is 5.82 Å². The molecule has 3 nitrogen and oxygen atoms in total. The van der Waals surface area contributed by atoms with Gasteiger partial charge in [-0.15, -0.1) is 0 Å². The predicted molar refractivity (Wildman–Crippen MR) is 36.9 cm³/mol. The third-order valence-electron chi connectivity index (χ3n) is 1.50. The first kappa shape index (κ1) is 6.15. The van der Waals surface area contributed by atoms with Crippen molar-refractivity contribution in [3.05, 3.63) is 30.3 Å². The molecule has 11 heavy (non-hydrogen) atoms. The lowest BCUT2D eigenvalue weighted by Gasteiger charge is -1.92. The van der Waals surface area contributed by atoms with Crippen molar-refractivity contribution >= 4 is 11.0 Å². The minimum Gasteiger partial charge on any atom is -0.427 e. The molecule has 0 saturated heterocycles. The lowest BCUT2D eigenvalue weighted by Crippen LogP contribution is -1.88. The van der Waals surface area contributed by atoms with E-state index in [1.807, 2.05) is 0 Å². The molecule has 1 N–H and O–H groups in total. The van der Waals surface area contributed by atoms with Gasteiger partial charge in [0, 0.05) is 0 Å². The van der Waals surface area contributed by atoms with E-state index in [0.717, 1.165) is 6.33 Å². The molecular weight excluding hydrogens is 147 g/mol. The number of nitrogens with zero attached hydrogens (tertiary/aromatic N) is 2. The van der Waals surface area contributed by atoms with Crippen molar-refractivity contribution in [1.29, 1.82) is 0 Å². The summed E-state index contributed by atoms with van der Waals surface area (Å²) in [7, 11) is 0. The lowest BCUT2D eigenvalue weighted by molar-refractivity contribution is 0.196. The van der Waals surface area contributed by atoms with Crippen molar-refractivity contribution in [2.45, 2.75) is 0 Å². The van der Waals surface area contributed by atoms with E-state index in [-0.39, 0.29) is 5.52 Å². The van der Waals surface area contributed by atoms with Crippen molar-refractivity contribution in [1.82, 2.24) is 9.71 Å². The molecule has 0 aliphatic rings. The Morgan fingerprint density at radius 2 is 2.27 bits per heavy atom. The highest BCUT2D eigenvalue weighted by molar-refractivity contribution is 5.75. The summed E-state index contributed by atoms with van der Waals surface area (Å²) in [5.74, 6) is -0.470. The predicted octanol–water partition coefficient (Wildman–Crippen LogP) is 1.41. The molecule has 0 bridgehead atoms. The number of halogens is 1. The lowest BCUT2D eigenvalue weighted by atomic mass is 10.3. The second-order valence-corrected chi connectivity index (χ2v) is 2.20. The van der Waals surface area contributed by atoms with Crippen LogP contribution >= 0.6 is 0 Å². The van der Waals surface area contributed by atoms with Gasteiger partial charge in [0.2, 0.25) is 0 Å². The Hall–Kier alpha value is -1.58. The van der Waals surface area contributed by atoms with Gasteiger partial charge in [-0.1, -0.05) is 6.07 Å². The summed E-state index contributed by atoms with van der Waals surface area (Å²) in [4.78, 5) is 3.75. The molecule has 1 heterocycles. The molecule has 56 valence electrons. The fourth-order valence-electron chi connectivity index (χ4n) is 1.01. The van der Waals surface area contributed by atoms with Crippen LogP contribution in [0.25, 0.3) is 11.0 Å². The van der Waals surface area contributed by atoms with Gasteiger partial charge >= 0.3 is 0 Å². The number of aromatic nitrogens is 2. The summed E-state index contributed by atoms with van der Waals surface area (Å²) < 4.78 is 13.5. The Morgan fingerprint density at radius 3 is 3.00 bits per heavy atom. The Labute approximate surface area is 61.7 Å². The molecule has 0 saturated carbocycles. The van der Waals surface area contributed by atoms with E-state index < -0.39 is 5.82 Å². The smallest absolute Gasteiger partial charge is 0.152 e. The highest BCUT2D eigenvalue weighted by Gasteiger charge is 2.04. The number of para-hydroxylation sites is 1. The van der Waals surface area contributed by atoms with Gasteiger partial charge in [0.05, 0.1) is 5.52 Å². The SMILES string of the molecule is On1cnc2cccc(F)c21. The third kappa shape index (κ3) is 0.756. The molecular formula is C7H5FN2O. The molecule has 0 fully saturated rings. The number of hydrogen-bond donors (Lipinski definition) is 1. The summed E-state index contributed by atoms with van der Waals surface area (Å²) in [6, 6.07) is 4.45. The van der Waals surface area contributed by atoms with E-state index in [4.69, 9.17) is 5.21 Å². The summed E-state index contributed by atoms with van der Waals surface area (Å²) in [5.41, 5.74) is 0.569. The van der Waals surface area contributed by atoms with Gasteiger partial charge in [-0.2, -0.15) is 4.73 Å². The molecule has 0 amide bonds. The van der Waals surface area contributed by atoms with E-state index in [2.05, 4.69) is 4.98 Å². The average Bonchev–Trinajstić information content (AvgIpc) is 2.34. The van der Waals surface area contributed by atoms with Crippen LogP contribution in [-0.4, -0.2) is 14.9 Å². The number of benzene rings is 1. The molecule has 0 unspecified atom stereocenters. The molecule has 1 aromatic carbocycles. The van der Waals surface area contributed by atoms with Gasteiger partial charge in [-0.3, -0.25) is 0 Å². The first-order chi connectivity index (χ1) is 5.29. The van der Waals surface area contributed by atoms with Crippen LogP contribution in [-0.2, 0) is 0 Å². The molecule has 2 aromatic rings. The molecule has 0 aliphatic carbocycles. The molecule has 0 radical (unpaired) electrons. The fourth-order valence-corrected chi connectivity index (χ4v) is 1.01. The maximum absolute atomic E-state index is 12.9. The topological polar surface area (TPSA) is 38.0 Å². The first-order valence-electron chi connectivity index (χ1n) is 3.10.